The second kappa shape index (κ2) is 3.50. The molecular formula is C10H16N2O. The van der Waals surface area contributed by atoms with Gasteiger partial charge in [-0.25, -0.2) is 0 Å². The smallest absolute Gasteiger partial charge is 0.0887 e. The van der Waals surface area contributed by atoms with Gasteiger partial charge in [-0.15, -0.1) is 0 Å². The average Bonchev–Trinajstić information content (AvgIpc) is 2.36. The maximum absolute atomic E-state index is 5.51. The maximum atomic E-state index is 5.51. The molecule has 1 aliphatic heterocycles. The van der Waals surface area contributed by atoms with Crippen molar-refractivity contribution in [3.05, 3.63) is 17.5 Å². The predicted molar refractivity (Wildman–Crippen MR) is 50.6 cm³/mol. The van der Waals surface area contributed by atoms with Crippen LogP contribution in [-0.4, -0.2) is 16.4 Å². The van der Waals surface area contributed by atoms with Gasteiger partial charge >= 0.3 is 0 Å². The molecule has 2 rings (SSSR count). The fourth-order valence-electron chi connectivity index (χ4n) is 1.74. The lowest BCUT2D eigenvalue weighted by Gasteiger charge is -2.06. The summed E-state index contributed by atoms with van der Waals surface area (Å²) in [5.74, 6) is 0.547. The fraction of sp³-hybridized carbons (Fsp3) is 0.700. The van der Waals surface area contributed by atoms with Crippen LogP contribution in [-0.2, 0) is 17.9 Å². The standard InChI is InChI=1S/C10H16N2O/c1-8(2)9-6-11-12-4-3-5-13-7-10(9)12/h6,8H,3-5,7H2,1-2H3. The number of rotatable bonds is 1. The highest BCUT2D eigenvalue weighted by Gasteiger charge is 2.15. The number of nitrogens with zero attached hydrogens (tertiary/aromatic N) is 2. The first-order valence-electron chi connectivity index (χ1n) is 4.91. The van der Waals surface area contributed by atoms with Crippen LogP contribution in [0.3, 0.4) is 0 Å². The van der Waals surface area contributed by atoms with Crippen molar-refractivity contribution in [2.45, 2.75) is 39.3 Å². The summed E-state index contributed by atoms with van der Waals surface area (Å²) in [7, 11) is 0. The largest absolute Gasteiger partial charge is 0.375 e. The number of ether oxygens (including phenoxy) is 1. The Labute approximate surface area is 78.7 Å². The molecule has 0 fully saturated rings. The molecule has 0 N–H and O–H groups in total. The van der Waals surface area contributed by atoms with Crippen molar-refractivity contribution in [3.63, 3.8) is 0 Å². The second-order valence-corrected chi connectivity index (χ2v) is 3.83. The molecule has 0 saturated carbocycles. The Morgan fingerprint density at radius 1 is 1.54 bits per heavy atom. The first kappa shape index (κ1) is 8.75. The molecule has 72 valence electrons. The number of aryl methyl sites for hydroxylation is 1. The molecule has 1 aromatic heterocycles. The molecule has 3 nitrogen and oxygen atoms in total. The van der Waals surface area contributed by atoms with E-state index in [1.165, 1.54) is 11.3 Å². The van der Waals surface area contributed by atoms with E-state index < -0.39 is 0 Å². The minimum Gasteiger partial charge on any atom is -0.375 e. The van der Waals surface area contributed by atoms with Crippen LogP contribution in [0.5, 0.6) is 0 Å². The molecule has 2 heterocycles. The van der Waals surface area contributed by atoms with Crippen LogP contribution in [0.15, 0.2) is 6.20 Å². The van der Waals surface area contributed by atoms with Gasteiger partial charge in [-0.3, -0.25) is 4.68 Å². The first-order chi connectivity index (χ1) is 6.29. The molecule has 0 radical (unpaired) electrons. The molecule has 0 amide bonds. The van der Waals surface area contributed by atoms with Gasteiger partial charge in [0.1, 0.15) is 0 Å². The van der Waals surface area contributed by atoms with Crippen LogP contribution in [0.2, 0.25) is 0 Å². The van der Waals surface area contributed by atoms with Crippen molar-refractivity contribution in [1.29, 1.82) is 0 Å². The molecule has 1 aromatic rings. The molecule has 13 heavy (non-hydrogen) atoms. The third-order valence-electron chi connectivity index (χ3n) is 2.50. The quantitative estimate of drug-likeness (QED) is 0.660. The normalized spacial score (nSPS) is 17.2. The van der Waals surface area contributed by atoms with E-state index in [0.29, 0.717) is 5.92 Å². The second-order valence-electron chi connectivity index (χ2n) is 3.83. The van der Waals surface area contributed by atoms with E-state index in [1.54, 1.807) is 0 Å². The van der Waals surface area contributed by atoms with Crippen LogP contribution >= 0.6 is 0 Å². The summed E-state index contributed by atoms with van der Waals surface area (Å²) in [6.45, 7) is 6.99. The lowest BCUT2D eigenvalue weighted by Crippen LogP contribution is -2.03. The summed E-state index contributed by atoms with van der Waals surface area (Å²) in [4.78, 5) is 0. The molecular weight excluding hydrogens is 164 g/mol. The van der Waals surface area contributed by atoms with Crippen LogP contribution in [0.25, 0.3) is 0 Å². The van der Waals surface area contributed by atoms with Gasteiger partial charge in [-0.1, -0.05) is 13.8 Å². The van der Waals surface area contributed by atoms with Crippen LogP contribution in [0, 0.1) is 0 Å². The van der Waals surface area contributed by atoms with E-state index in [4.69, 9.17) is 4.74 Å². The third-order valence-corrected chi connectivity index (χ3v) is 2.50. The number of fused-ring (bicyclic) bond motifs is 1. The lowest BCUT2D eigenvalue weighted by molar-refractivity contribution is 0.124. The molecule has 0 aliphatic carbocycles. The Morgan fingerprint density at radius 3 is 3.15 bits per heavy atom. The summed E-state index contributed by atoms with van der Waals surface area (Å²) in [5.41, 5.74) is 2.61. The Balaban J connectivity index is 2.34. The third kappa shape index (κ3) is 1.61. The van der Waals surface area contributed by atoms with Crippen LogP contribution in [0.4, 0.5) is 0 Å². The number of hydrogen-bond acceptors (Lipinski definition) is 2. The van der Waals surface area contributed by atoms with E-state index in [2.05, 4.69) is 23.6 Å². The van der Waals surface area contributed by atoms with Crippen molar-refractivity contribution in [3.8, 4) is 0 Å². The van der Waals surface area contributed by atoms with Crippen molar-refractivity contribution in [1.82, 2.24) is 9.78 Å². The molecule has 0 spiro atoms. The van der Waals surface area contributed by atoms with Gasteiger partial charge in [-0.2, -0.15) is 5.10 Å². The van der Waals surface area contributed by atoms with Crippen LogP contribution in [0.1, 0.15) is 37.4 Å². The van der Waals surface area contributed by atoms with Gasteiger partial charge in [0, 0.05) is 13.2 Å². The molecule has 0 aromatic carbocycles. The van der Waals surface area contributed by atoms with Crippen molar-refractivity contribution < 1.29 is 4.74 Å². The summed E-state index contributed by atoms with van der Waals surface area (Å²) < 4.78 is 7.59. The van der Waals surface area contributed by atoms with E-state index in [9.17, 15) is 0 Å². The monoisotopic (exact) mass is 180 g/mol. The molecule has 0 atom stereocenters. The molecule has 0 bridgehead atoms. The summed E-state index contributed by atoms with van der Waals surface area (Å²) in [6.07, 6.45) is 3.06. The van der Waals surface area contributed by atoms with Crippen molar-refractivity contribution in [2.24, 2.45) is 0 Å². The maximum Gasteiger partial charge on any atom is 0.0887 e. The summed E-state index contributed by atoms with van der Waals surface area (Å²) in [6, 6.07) is 0. The Hall–Kier alpha value is -0.830. The van der Waals surface area contributed by atoms with Gasteiger partial charge in [0.25, 0.3) is 0 Å². The predicted octanol–water partition coefficient (Wildman–Crippen LogP) is 1.93. The fourth-order valence-corrected chi connectivity index (χ4v) is 1.74. The SMILES string of the molecule is CC(C)c1cnn2c1COCCC2. The van der Waals surface area contributed by atoms with Gasteiger partial charge in [0.2, 0.25) is 0 Å². The number of aromatic nitrogens is 2. The average molecular weight is 180 g/mol. The van der Waals surface area contributed by atoms with Crippen molar-refractivity contribution in [2.75, 3.05) is 6.61 Å². The highest BCUT2D eigenvalue weighted by Crippen LogP contribution is 2.21. The zero-order valence-electron chi connectivity index (χ0n) is 8.29. The first-order valence-corrected chi connectivity index (χ1v) is 4.91. The van der Waals surface area contributed by atoms with Crippen molar-refractivity contribution >= 4 is 0 Å². The summed E-state index contributed by atoms with van der Waals surface area (Å²) in [5, 5.41) is 4.37. The van der Waals surface area contributed by atoms with Gasteiger partial charge < -0.3 is 4.74 Å². The molecule has 0 saturated heterocycles. The molecule has 0 unspecified atom stereocenters. The van der Waals surface area contributed by atoms with E-state index in [0.717, 1.165) is 26.2 Å². The molecule has 3 heteroatoms. The van der Waals surface area contributed by atoms with Crippen LogP contribution < -0.4 is 0 Å². The lowest BCUT2D eigenvalue weighted by atomic mass is 10.0. The highest BCUT2D eigenvalue weighted by molar-refractivity contribution is 5.21. The van der Waals surface area contributed by atoms with E-state index >= 15 is 0 Å². The zero-order chi connectivity index (χ0) is 9.26. The minimum absolute atomic E-state index is 0.547. The Bertz CT molecular complexity index is 291. The Morgan fingerprint density at radius 2 is 2.38 bits per heavy atom. The van der Waals surface area contributed by atoms with Gasteiger partial charge in [-0.05, 0) is 17.9 Å². The summed E-state index contributed by atoms with van der Waals surface area (Å²) >= 11 is 0. The van der Waals surface area contributed by atoms with E-state index in [1.807, 2.05) is 6.20 Å². The zero-order valence-corrected chi connectivity index (χ0v) is 8.29. The Kier molecular flexibility index (Phi) is 2.36. The highest BCUT2D eigenvalue weighted by atomic mass is 16.5. The minimum atomic E-state index is 0.547. The topological polar surface area (TPSA) is 27.1 Å². The van der Waals surface area contributed by atoms with Gasteiger partial charge in [0.15, 0.2) is 0 Å². The molecule has 1 aliphatic rings. The van der Waals surface area contributed by atoms with E-state index in [-0.39, 0.29) is 0 Å². The van der Waals surface area contributed by atoms with Gasteiger partial charge in [0.05, 0.1) is 18.5 Å². The number of hydrogen-bond donors (Lipinski definition) is 0.